The molecule has 0 atom stereocenters. The summed E-state index contributed by atoms with van der Waals surface area (Å²) in [6.45, 7) is 0. The van der Waals surface area contributed by atoms with Gasteiger partial charge in [0.25, 0.3) is 0 Å². The van der Waals surface area contributed by atoms with Crippen LogP contribution in [0.1, 0.15) is 5.56 Å². The average Bonchev–Trinajstić information content (AvgIpc) is 2.46. The van der Waals surface area contributed by atoms with E-state index in [1.54, 1.807) is 32.4 Å². The first kappa shape index (κ1) is 14.2. The van der Waals surface area contributed by atoms with Gasteiger partial charge in [0.15, 0.2) is 0 Å². The highest BCUT2D eigenvalue weighted by atomic mass is 79.9. The molecule has 2 aromatic carbocycles. The van der Waals surface area contributed by atoms with Crippen molar-refractivity contribution in [1.82, 2.24) is 0 Å². The van der Waals surface area contributed by atoms with Crippen molar-refractivity contribution in [3.8, 4) is 17.6 Å². The van der Waals surface area contributed by atoms with Crippen LogP contribution in [0, 0.1) is 11.3 Å². The van der Waals surface area contributed by atoms with Crippen molar-refractivity contribution in [3.63, 3.8) is 0 Å². The van der Waals surface area contributed by atoms with Crippen molar-refractivity contribution >= 4 is 27.3 Å². The molecule has 0 spiro atoms. The molecule has 1 N–H and O–H groups in total. The van der Waals surface area contributed by atoms with Crippen molar-refractivity contribution in [2.75, 3.05) is 19.5 Å². The minimum Gasteiger partial charge on any atom is -0.497 e. The lowest BCUT2D eigenvalue weighted by molar-refractivity contribution is 0.395. The predicted molar refractivity (Wildman–Crippen MR) is 81.7 cm³/mol. The SMILES string of the molecule is COc1cc(Nc2cc(Br)cc(C#N)c2)cc(OC)c1. The van der Waals surface area contributed by atoms with Crippen LogP contribution in [-0.2, 0) is 0 Å². The minimum atomic E-state index is 0.580. The molecule has 20 heavy (non-hydrogen) atoms. The summed E-state index contributed by atoms with van der Waals surface area (Å²) < 4.78 is 11.3. The van der Waals surface area contributed by atoms with Gasteiger partial charge in [-0.1, -0.05) is 15.9 Å². The molecule has 0 aromatic heterocycles. The molecule has 5 heteroatoms. The van der Waals surface area contributed by atoms with E-state index in [2.05, 4.69) is 27.3 Å². The van der Waals surface area contributed by atoms with Gasteiger partial charge in [0.2, 0.25) is 0 Å². The van der Waals surface area contributed by atoms with Crippen LogP contribution in [-0.4, -0.2) is 14.2 Å². The zero-order chi connectivity index (χ0) is 14.5. The number of rotatable bonds is 4. The second-order valence-electron chi connectivity index (χ2n) is 4.07. The van der Waals surface area contributed by atoms with Gasteiger partial charge in [0.05, 0.1) is 25.9 Å². The third kappa shape index (κ3) is 3.43. The summed E-state index contributed by atoms with van der Waals surface area (Å²) in [4.78, 5) is 0. The molecule has 0 aliphatic carbocycles. The molecule has 0 saturated carbocycles. The molecular weight excluding hydrogens is 320 g/mol. The second kappa shape index (κ2) is 6.31. The topological polar surface area (TPSA) is 54.3 Å². The maximum atomic E-state index is 8.98. The fourth-order valence-electron chi connectivity index (χ4n) is 1.77. The Labute approximate surface area is 126 Å². The van der Waals surface area contributed by atoms with E-state index in [1.165, 1.54) is 0 Å². The van der Waals surface area contributed by atoms with Crippen LogP contribution >= 0.6 is 15.9 Å². The zero-order valence-corrected chi connectivity index (χ0v) is 12.7. The van der Waals surface area contributed by atoms with Crippen molar-refractivity contribution in [2.45, 2.75) is 0 Å². The van der Waals surface area contributed by atoms with E-state index in [4.69, 9.17) is 14.7 Å². The molecule has 4 nitrogen and oxygen atoms in total. The van der Waals surface area contributed by atoms with E-state index >= 15 is 0 Å². The van der Waals surface area contributed by atoms with Gasteiger partial charge in [-0.15, -0.1) is 0 Å². The van der Waals surface area contributed by atoms with Crippen LogP contribution in [0.2, 0.25) is 0 Å². The van der Waals surface area contributed by atoms with Gasteiger partial charge in [-0.3, -0.25) is 0 Å². The Kier molecular flexibility index (Phi) is 4.49. The number of nitrogens with zero attached hydrogens (tertiary/aromatic N) is 1. The van der Waals surface area contributed by atoms with Gasteiger partial charge >= 0.3 is 0 Å². The molecule has 2 rings (SSSR count). The summed E-state index contributed by atoms with van der Waals surface area (Å²) in [6.07, 6.45) is 0. The van der Waals surface area contributed by atoms with Crippen LogP contribution in [0.5, 0.6) is 11.5 Å². The molecule has 0 saturated heterocycles. The van der Waals surface area contributed by atoms with Crippen molar-refractivity contribution in [1.29, 1.82) is 5.26 Å². The number of halogens is 1. The number of anilines is 2. The van der Waals surface area contributed by atoms with Gasteiger partial charge in [-0.2, -0.15) is 5.26 Å². The molecule has 0 aliphatic rings. The number of benzene rings is 2. The summed E-state index contributed by atoms with van der Waals surface area (Å²) in [6, 6.07) is 13.1. The van der Waals surface area contributed by atoms with Gasteiger partial charge in [0, 0.05) is 34.0 Å². The summed E-state index contributed by atoms with van der Waals surface area (Å²) in [7, 11) is 3.21. The highest BCUT2D eigenvalue weighted by Gasteiger charge is 2.04. The molecule has 0 unspecified atom stereocenters. The molecule has 102 valence electrons. The number of nitriles is 1. The van der Waals surface area contributed by atoms with E-state index in [9.17, 15) is 0 Å². The molecule has 0 radical (unpaired) electrons. The molecule has 0 fully saturated rings. The van der Waals surface area contributed by atoms with E-state index in [0.717, 1.165) is 15.8 Å². The number of hydrogen-bond donors (Lipinski definition) is 1. The zero-order valence-electron chi connectivity index (χ0n) is 11.1. The Hall–Kier alpha value is -2.19. The van der Waals surface area contributed by atoms with Crippen molar-refractivity contribution in [2.24, 2.45) is 0 Å². The third-order valence-electron chi connectivity index (χ3n) is 2.67. The Bertz CT molecular complexity index is 643. The van der Waals surface area contributed by atoms with Crippen molar-refractivity contribution < 1.29 is 9.47 Å². The first-order valence-electron chi connectivity index (χ1n) is 5.85. The van der Waals surface area contributed by atoms with Gasteiger partial charge < -0.3 is 14.8 Å². The quantitative estimate of drug-likeness (QED) is 0.916. The fourth-order valence-corrected chi connectivity index (χ4v) is 2.27. The Morgan fingerprint density at radius 3 is 2.10 bits per heavy atom. The maximum Gasteiger partial charge on any atom is 0.124 e. The van der Waals surface area contributed by atoms with Crippen LogP contribution in [0.15, 0.2) is 40.9 Å². The van der Waals surface area contributed by atoms with Crippen molar-refractivity contribution in [3.05, 3.63) is 46.4 Å². The standard InChI is InChI=1S/C15H13BrN2O2/c1-19-14-6-13(7-15(8-14)20-2)18-12-4-10(9-17)3-11(16)5-12/h3-8,18H,1-2H3. The first-order valence-corrected chi connectivity index (χ1v) is 6.64. The van der Waals surface area contributed by atoms with Gasteiger partial charge in [0.1, 0.15) is 11.5 Å². The largest absolute Gasteiger partial charge is 0.497 e. The van der Waals surface area contributed by atoms with E-state index in [-0.39, 0.29) is 0 Å². The van der Waals surface area contributed by atoms with Gasteiger partial charge in [-0.05, 0) is 18.2 Å². The number of ether oxygens (including phenoxy) is 2. The number of hydrogen-bond acceptors (Lipinski definition) is 4. The minimum absolute atomic E-state index is 0.580. The first-order chi connectivity index (χ1) is 9.64. The lowest BCUT2D eigenvalue weighted by atomic mass is 10.2. The van der Waals surface area contributed by atoms with Crippen LogP contribution < -0.4 is 14.8 Å². The number of methoxy groups -OCH3 is 2. The van der Waals surface area contributed by atoms with Gasteiger partial charge in [-0.25, -0.2) is 0 Å². The fraction of sp³-hybridized carbons (Fsp3) is 0.133. The number of nitrogens with one attached hydrogen (secondary N) is 1. The lowest BCUT2D eigenvalue weighted by Crippen LogP contribution is -1.94. The maximum absolute atomic E-state index is 8.98. The van der Waals surface area contributed by atoms with E-state index < -0.39 is 0 Å². The lowest BCUT2D eigenvalue weighted by Gasteiger charge is -2.11. The second-order valence-corrected chi connectivity index (χ2v) is 4.98. The summed E-state index contributed by atoms with van der Waals surface area (Å²) in [5.74, 6) is 1.39. The van der Waals surface area contributed by atoms with Crippen LogP contribution in [0.4, 0.5) is 11.4 Å². The molecule has 0 heterocycles. The summed E-state index contributed by atoms with van der Waals surface area (Å²) >= 11 is 3.38. The molecule has 0 aliphatic heterocycles. The summed E-state index contributed by atoms with van der Waals surface area (Å²) in [5, 5.41) is 12.2. The monoisotopic (exact) mass is 332 g/mol. The molecule has 0 amide bonds. The summed E-state index contributed by atoms with van der Waals surface area (Å²) in [5.41, 5.74) is 2.21. The molecular formula is C15H13BrN2O2. The van der Waals surface area contributed by atoms with Crippen LogP contribution in [0.3, 0.4) is 0 Å². The normalized spacial score (nSPS) is 9.70. The van der Waals surface area contributed by atoms with E-state index in [0.29, 0.717) is 17.1 Å². The highest BCUT2D eigenvalue weighted by Crippen LogP contribution is 2.29. The van der Waals surface area contributed by atoms with Crippen LogP contribution in [0.25, 0.3) is 0 Å². The third-order valence-corrected chi connectivity index (χ3v) is 3.12. The molecule has 2 aromatic rings. The highest BCUT2D eigenvalue weighted by molar-refractivity contribution is 9.10. The smallest absolute Gasteiger partial charge is 0.124 e. The Morgan fingerprint density at radius 1 is 0.950 bits per heavy atom. The Morgan fingerprint density at radius 2 is 1.55 bits per heavy atom. The predicted octanol–water partition coefficient (Wildman–Crippen LogP) is 4.08. The van der Waals surface area contributed by atoms with E-state index in [1.807, 2.05) is 18.2 Å². The Balaban J connectivity index is 2.34. The molecule has 0 bridgehead atoms. The average molecular weight is 333 g/mol.